The minimum Gasteiger partial charge on any atom is -0.494 e. The van der Waals surface area contributed by atoms with Gasteiger partial charge < -0.3 is 14.6 Å². The predicted octanol–water partition coefficient (Wildman–Crippen LogP) is 3.87. The number of hydrogen-bond acceptors (Lipinski definition) is 5. The highest BCUT2D eigenvalue weighted by Gasteiger charge is 2.14. The third-order valence-corrected chi connectivity index (χ3v) is 5.98. The van der Waals surface area contributed by atoms with Crippen LogP contribution in [0.2, 0.25) is 0 Å². The lowest BCUT2D eigenvalue weighted by molar-refractivity contribution is -0.118. The van der Waals surface area contributed by atoms with Crippen LogP contribution in [-0.2, 0) is 18.4 Å². The van der Waals surface area contributed by atoms with Gasteiger partial charge in [0.05, 0.1) is 18.9 Å². The predicted molar refractivity (Wildman–Crippen MR) is 123 cm³/mol. The number of nitrogens with one attached hydrogen (secondary N) is 1. The molecular weight excluding hydrogens is 410 g/mol. The van der Waals surface area contributed by atoms with Crippen LogP contribution in [0, 0.1) is 6.92 Å². The number of thioether (sulfide) groups is 1. The fourth-order valence-electron chi connectivity index (χ4n) is 3.48. The van der Waals surface area contributed by atoms with E-state index in [4.69, 9.17) is 4.74 Å². The van der Waals surface area contributed by atoms with Crippen LogP contribution >= 0.6 is 11.8 Å². The van der Waals surface area contributed by atoms with Gasteiger partial charge in [0.15, 0.2) is 5.16 Å². The van der Waals surface area contributed by atoms with Crippen LogP contribution in [-0.4, -0.2) is 37.6 Å². The molecule has 0 bridgehead atoms. The zero-order chi connectivity index (χ0) is 21.8. The molecule has 4 rings (SSSR count). The van der Waals surface area contributed by atoms with Crippen LogP contribution in [0.1, 0.15) is 18.4 Å². The van der Waals surface area contributed by atoms with Gasteiger partial charge >= 0.3 is 0 Å². The topological polar surface area (TPSA) is 74.0 Å². The molecule has 0 aliphatic carbocycles. The molecule has 0 spiro atoms. The lowest BCUT2D eigenvalue weighted by atomic mass is 10.2. The molecule has 0 radical (unpaired) electrons. The second-order valence-electron chi connectivity index (χ2n) is 7.11. The molecular formula is C23H25N5O2S. The minimum atomic E-state index is -0.0471. The number of rotatable bonds is 8. The smallest absolute Gasteiger partial charge is 0.230 e. The van der Waals surface area contributed by atoms with Gasteiger partial charge in [-0.2, -0.15) is 0 Å². The van der Waals surface area contributed by atoms with Crippen molar-refractivity contribution in [1.29, 1.82) is 0 Å². The Morgan fingerprint density at radius 3 is 2.65 bits per heavy atom. The number of para-hydroxylation sites is 1. The standard InChI is InChI=1S/C23H25N5O2S/c1-4-30-20-11-9-18(10-12-20)28-16(2)25-26-23(28)31-15-22(29)24-14-19-13-17-7-5-6-8-21(17)27(19)3/h5-13H,4,14-15H2,1-3H3,(H,24,29). The Morgan fingerprint density at radius 1 is 1.13 bits per heavy atom. The molecule has 0 aliphatic rings. The van der Waals surface area contributed by atoms with E-state index in [0.717, 1.165) is 28.5 Å². The number of carbonyl (C=O) groups is 1. The molecule has 2 aromatic carbocycles. The van der Waals surface area contributed by atoms with E-state index in [2.05, 4.69) is 38.3 Å². The van der Waals surface area contributed by atoms with Crippen molar-refractivity contribution in [3.05, 3.63) is 66.1 Å². The normalized spacial score (nSPS) is 11.1. The Morgan fingerprint density at radius 2 is 1.90 bits per heavy atom. The maximum absolute atomic E-state index is 12.5. The molecule has 4 aromatic rings. The minimum absolute atomic E-state index is 0.0471. The summed E-state index contributed by atoms with van der Waals surface area (Å²) in [5.74, 6) is 1.80. The highest BCUT2D eigenvalue weighted by Crippen LogP contribution is 2.24. The third kappa shape index (κ3) is 4.59. The van der Waals surface area contributed by atoms with E-state index in [1.165, 1.54) is 17.1 Å². The maximum atomic E-state index is 12.5. The highest BCUT2D eigenvalue weighted by molar-refractivity contribution is 7.99. The quantitative estimate of drug-likeness (QED) is 0.425. The van der Waals surface area contributed by atoms with Crippen molar-refractivity contribution in [3.63, 3.8) is 0 Å². The summed E-state index contributed by atoms with van der Waals surface area (Å²) in [7, 11) is 2.01. The lowest BCUT2D eigenvalue weighted by Gasteiger charge is -2.10. The van der Waals surface area contributed by atoms with Crippen LogP contribution < -0.4 is 10.1 Å². The number of benzene rings is 2. The Hall–Kier alpha value is -3.26. The molecule has 8 heteroatoms. The van der Waals surface area contributed by atoms with E-state index in [-0.39, 0.29) is 11.7 Å². The van der Waals surface area contributed by atoms with Gasteiger partial charge in [-0.15, -0.1) is 10.2 Å². The number of amides is 1. The number of aromatic nitrogens is 4. The first-order valence-corrected chi connectivity index (χ1v) is 11.1. The van der Waals surface area contributed by atoms with Crippen LogP contribution in [0.4, 0.5) is 0 Å². The van der Waals surface area contributed by atoms with Gasteiger partial charge in [-0.3, -0.25) is 9.36 Å². The fraction of sp³-hybridized carbons (Fsp3) is 0.261. The van der Waals surface area contributed by atoms with Crippen molar-refractivity contribution in [2.75, 3.05) is 12.4 Å². The van der Waals surface area contributed by atoms with E-state index >= 15 is 0 Å². The lowest BCUT2D eigenvalue weighted by Crippen LogP contribution is -2.25. The highest BCUT2D eigenvalue weighted by atomic mass is 32.2. The second kappa shape index (κ2) is 9.26. The Balaban J connectivity index is 1.39. The number of carbonyl (C=O) groups excluding carboxylic acids is 1. The molecule has 0 unspecified atom stereocenters. The van der Waals surface area contributed by atoms with Crippen molar-refractivity contribution in [2.45, 2.75) is 25.5 Å². The van der Waals surface area contributed by atoms with E-state index in [9.17, 15) is 4.79 Å². The van der Waals surface area contributed by atoms with Gasteiger partial charge in [0.1, 0.15) is 11.6 Å². The molecule has 0 saturated carbocycles. The average Bonchev–Trinajstić information content (AvgIpc) is 3.31. The summed E-state index contributed by atoms with van der Waals surface area (Å²) in [6.45, 7) is 4.96. The van der Waals surface area contributed by atoms with Crippen LogP contribution in [0.5, 0.6) is 5.75 Å². The molecule has 0 aliphatic heterocycles. The molecule has 2 heterocycles. The fourth-order valence-corrected chi connectivity index (χ4v) is 4.31. The Kier molecular flexibility index (Phi) is 6.27. The summed E-state index contributed by atoms with van der Waals surface area (Å²) >= 11 is 1.37. The Labute approximate surface area is 185 Å². The first kappa shape index (κ1) is 21.0. The summed E-state index contributed by atoms with van der Waals surface area (Å²) in [6, 6.07) is 18.1. The molecule has 1 amide bonds. The number of fused-ring (bicyclic) bond motifs is 1. The average molecular weight is 436 g/mol. The SMILES string of the molecule is CCOc1ccc(-n2c(C)nnc2SCC(=O)NCc2cc3ccccc3n2C)cc1. The molecule has 0 saturated heterocycles. The van der Waals surface area contributed by atoms with Gasteiger partial charge in [0.25, 0.3) is 0 Å². The van der Waals surface area contributed by atoms with Crippen molar-refractivity contribution in [3.8, 4) is 11.4 Å². The molecule has 31 heavy (non-hydrogen) atoms. The molecule has 1 N–H and O–H groups in total. The van der Waals surface area contributed by atoms with Crippen molar-refractivity contribution in [1.82, 2.24) is 24.6 Å². The number of aryl methyl sites for hydroxylation is 2. The summed E-state index contributed by atoms with van der Waals surface area (Å²) in [5.41, 5.74) is 3.15. The molecule has 0 fully saturated rings. The van der Waals surface area contributed by atoms with Crippen LogP contribution in [0.3, 0.4) is 0 Å². The summed E-state index contributed by atoms with van der Waals surface area (Å²) < 4.78 is 9.56. The number of nitrogens with zero attached hydrogens (tertiary/aromatic N) is 4. The summed E-state index contributed by atoms with van der Waals surface area (Å²) in [6.07, 6.45) is 0. The van der Waals surface area contributed by atoms with Gasteiger partial charge in [-0.1, -0.05) is 30.0 Å². The first-order chi connectivity index (χ1) is 15.1. The van der Waals surface area contributed by atoms with Gasteiger partial charge in [0.2, 0.25) is 5.91 Å². The van der Waals surface area contributed by atoms with Gasteiger partial charge in [0, 0.05) is 23.9 Å². The monoisotopic (exact) mass is 435 g/mol. The summed E-state index contributed by atoms with van der Waals surface area (Å²) in [4.78, 5) is 12.5. The number of hydrogen-bond donors (Lipinski definition) is 1. The van der Waals surface area contributed by atoms with Crippen molar-refractivity contribution < 1.29 is 9.53 Å². The number of ether oxygens (including phenoxy) is 1. The van der Waals surface area contributed by atoms with Crippen LogP contribution in [0.15, 0.2) is 59.8 Å². The van der Waals surface area contributed by atoms with Gasteiger partial charge in [-0.25, -0.2) is 0 Å². The zero-order valence-electron chi connectivity index (χ0n) is 17.8. The maximum Gasteiger partial charge on any atom is 0.230 e. The zero-order valence-corrected chi connectivity index (χ0v) is 18.6. The summed E-state index contributed by atoms with van der Waals surface area (Å²) in [5, 5.41) is 13.3. The van der Waals surface area contributed by atoms with E-state index < -0.39 is 0 Å². The van der Waals surface area contributed by atoms with E-state index in [1.54, 1.807) is 0 Å². The second-order valence-corrected chi connectivity index (χ2v) is 8.05. The molecule has 0 atom stereocenters. The molecule has 7 nitrogen and oxygen atoms in total. The van der Waals surface area contributed by atoms with Crippen molar-refractivity contribution >= 4 is 28.6 Å². The first-order valence-electron chi connectivity index (χ1n) is 10.1. The van der Waals surface area contributed by atoms with E-state index in [0.29, 0.717) is 18.3 Å². The Bertz CT molecular complexity index is 1200. The third-order valence-electron chi connectivity index (χ3n) is 5.05. The van der Waals surface area contributed by atoms with E-state index in [1.807, 2.05) is 61.9 Å². The largest absolute Gasteiger partial charge is 0.494 e. The van der Waals surface area contributed by atoms with Crippen LogP contribution in [0.25, 0.3) is 16.6 Å². The van der Waals surface area contributed by atoms with Gasteiger partial charge in [-0.05, 0) is 55.6 Å². The molecule has 160 valence electrons. The van der Waals surface area contributed by atoms with Crippen molar-refractivity contribution in [2.24, 2.45) is 7.05 Å². The molecule has 2 aromatic heterocycles.